The highest BCUT2D eigenvalue weighted by Gasteiger charge is 1.98. The molecule has 0 heterocycles. The van der Waals surface area contributed by atoms with Gasteiger partial charge in [-0.15, -0.1) is 0 Å². The fraction of sp³-hybridized carbons (Fsp3) is 0.100. The molecule has 0 radical (unpaired) electrons. The number of hydrogen-bond donors (Lipinski definition) is 0. The van der Waals surface area contributed by atoms with E-state index in [1.54, 1.807) is 0 Å². The van der Waals surface area contributed by atoms with E-state index in [2.05, 4.69) is 22.5 Å². The summed E-state index contributed by atoms with van der Waals surface area (Å²) < 4.78 is 0.927. The van der Waals surface area contributed by atoms with Crippen LogP contribution in [0.2, 0.25) is 0 Å². The number of rotatable bonds is 3. The van der Waals surface area contributed by atoms with Gasteiger partial charge in [0.1, 0.15) is 0 Å². The summed E-state index contributed by atoms with van der Waals surface area (Å²) in [5.41, 5.74) is 1.00. The predicted molar refractivity (Wildman–Crippen MR) is 52.0 cm³/mol. The summed E-state index contributed by atoms with van der Waals surface area (Å²) in [6.07, 6.45) is 0.321. The van der Waals surface area contributed by atoms with Crippen molar-refractivity contribution in [1.29, 1.82) is 0 Å². The Bertz CT molecular complexity index is 345. The van der Waals surface area contributed by atoms with Crippen LogP contribution < -0.4 is 5.11 Å². The number of carboxylic acid groups (broad SMARTS) is 1. The highest BCUT2D eigenvalue weighted by atomic mass is 79.9. The number of carbonyl (C=O) groups excluding carboxylic acids is 1. The molecule has 13 heavy (non-hydrogen) atoms. The third kappa shape index (κ3) is 3.03. The van der Waals surface area contributed by atoms with Gasteiger partial charge in [0.25, 0.3) is 0 Å². The molecular formula is C10H8BrO2-. The monoisotopic (exact) mass is 239 g/mol. The van der Waals surface area contributed by atoms with Gasteiger partial charge in [-0.05, 0) is 29.7 Å². The number of carboxylic acids is 1. The zero-order valence-electron chi connectivity index (χ0n) is 6.92. The van der Waals surface area contributed by atoms with Crippen LogP contribution in [0.25, 0.3) is 0 Å². The number of halogens is 1. The lowest BCUT2D eigenvalue weighted by Gasteiger charge is -2.06. The van der Waals surface area contributed by atoms with Crippen molar-refractivity contribution < 1.29 is 9.90 Å². The summed E-state index contributed by atoms with van der Waals surface area (Å²) >= 11 is 3.30. The van der Waals surface area contributed by atoms with E-state index in [1.807, 2.05) is 24.3 Å². The van der Waals surface area contributed by atoms with Crippen molar-refractivity contribution in [3.63, 3.8) is 0 Å². The van der Waals surface area contributed by atoms with Crippen molar-refractivity contribution >= 4 is 21.9 Å². The zero-order valence-corrected chi connectivity index (χ0v) is 8.50. The van der Waals surface area contributed by atoms with Crippen LogP contribution in [-0.4, -0.2) is 5.97 Å². The molecule has 0 aliphatic rings. The van der Waals surface area contributed by atoms with Crippen molar-refractivity contribution in [3.05, 3.63) is 46.5 Å². The van der Waals surface area contributed by atoms with Gasteiger partial charge >= 0.3 is 0 Å². The normalized spacial score (nSPS) is 9.62. The van der Waals surface area contributed by atoms with Gasteiger partial charge in [0.2, 0.25) is 0 Å². The summed E-state index contributed by atoms with van der Waals surface area (Å²) in [5.74, 6) is -1.19. The van der Waals surface area contributed by atoms with Crippen molar-refractivity contribution in [1.82, 2.24) is 0 Å². The van der Waals surface area contributed by atoms with Crippen LogP contribution in [0.3, 0.4) is 0 Å². The smallest absolute Gasteiger partial charge is 0.0672 e. The van der Waals surface area contributed by atoms with Gasteiger partial charge in [0, 0.05) is 4.47 Å². The molecule has 0 atom stereocenters. The Labute approximate surface area is 85.0 Å². The minimum atomic E-state index is -1.19. The molecule has 0 saturated carbocycles. The van der Waals surface area contributed by atoms with Crippen molar-refractivity contribution in [2.45, 2.75) is 6.42 Å². The molecule has 3 heteroatoms. The van der Waals surface area contributed by atoms with Gasteiger partial charge in [-0.2, -0.15) is 0 Å². The second-order valence-corrected chi connectivity index (χ2v) is 3.61. The lowest BCUT2D eigenvalue weighted by molar-refractivity contribution is -0.299. The lowest BCUT2D eigenvalue weighted by Crippen LogP contribution is -2.24. The molecule has 68 valence electrons. The highest BCUT2D eigenvalue weighted by Crippen LogP contribution is 2.13. The van der Waals surface area contributed by atoms with E-state index in [1.165, 1.54) is 0 Å². The van der Waals surface area contributed by atoms with Gasteiger partial charge in [-0.3, -0.25) is 0 Å². The summed E-state index contributed by atoms with van der Waals surface area (Å²) in [6, 6.07) is 7.43. The van der Waals surface area contributed by atoms with E-state index in [9.17, 15) is 9.90 Å². The van der Waals surface area contributed by atoms with Gasteiger partial charge in [-0.1, -0.05) is 34.6 Å². The van der Waals surface area contributed by atoms with Crippen LogP contribution in [-0.2, 0) is 11.2 Å². The van der Waals surface area contributed by atoms with Crippen molar-refractivity contribution in [3.8, 4) is 0 Å². The molecule has 1 rings (SSSR count). The molecule has 0 aliphatic heterocycles. The van der Waals surface area contributed by atoms with Crippen LogP contribution in [0.5, 0.6) is 0 Å². The molecule has 0 bridgehead atoms. The Balaban J connectivity index is 2.75. The average molecular weight is 240 g/mol. The molecular weight excluding hydrogens is 232 g/mol. The fourth-order valence-corrected chi connectivity index (χ4v) is 1.41. The lowest BCUT2D eigenvalue weighted by atomic mass is 10.1. The maximum atomic E-state index is 10.4. The van der Waals surface area contributed by atoms with Crippen molar-refractivity contribution in [2.75, 3.05) is 0 Å². The fourth-order valence-electron chi connectivity index (χ4n) is 0.965. The van der Waals surface area contributed by atoms with E-state index in [0.29, 0.717) is 6.42 Å². The van der Waals surface area contributed by atoms with E-state index in [0.717, 1.165) is 10.0 Å². The Morgan fingerprint density at radius 2 is 2.23 bits per heavy atom. The van der Waals surface area contributed by atoms with Crippen LogP contribution >= 0.6 is 15.9 Å². The molecule has 0 aliphatic carbocycles. The molecule has 0 spiro atoms. The van der Waals surface area contributed by atoms with Gasteiger partial charge in [0.05, 0.1) is 5.97 Å². The Morgan fingerprint density at radius 3 is 2.77 bits per heavy atom. The first-order chi connectivity index (χ1) is 6.09. The van der Waals surface area contributed by atoms with E-state index in [4.69, 9.17) is 0 Å². The molecule has 1 aromatic carbocycles. The van der Waals surface area contributed by atoms with E-state index >= 15 is 0 Å². The average Bonchev–Trinajstić information content (AvgIpc) is 2.04. The molecule has 0 amide bonds. The van der Waals surface area contributed by atoms with Crippen LogP contribution in [0.15, 0.2) is 40.9 Å². The van der Waals surface area contributed by atoms with Crippen LogP contribution in [0, 0.1) is 0 Å². The molecule has 0 fully saturated rings. The Hall–Kier alpha value is -1.09. The number of aliphatic carboxylic acids is 1. The predicted octanol–water partition coefficient (Wildman–Crippen LogP) is 1.30. The second kappa shape index (κ2) is 4.23. The number of carbonyl (C=O) groups is 1. The first kappa shape index (κ1) is 9.99. The maximum absolute atomic E-state index is 10.4. The van der Waals surface area contributed by atoms with Gasteiger partial charge < -0.3 is 9.90 Å². The summed E-state index contributed by atoms with van der Waals surface area (Å²) in [5, 5.41) is 10.4. The number of hydrogen-bond acceptors (Lipinski definition) is 2. The maximum Gasteiger partial charge on any atom is 0.0672 e. The summed E-state index contributed by atoms with van der Waals surface area (Å²) in [4.78, 5) is 10.4. The molecule has 0 N–H and O–H groups in total. The minimum Gasteiger partial charge on any atom is -0.545 e. The zero-order chi connectivity index (χ0) is 9.84. The highest BCUT2D eigenvalue weighted by molar-refractivity contribution is 9.10. The first-order valence-corrected chi connectivity index (χ1v) is 4.52. The topological polar surface area (TPSA) is 40.1 Å². The standard InChI is InChI=1S/C10H9BrO2/c1-7(10(12)13)5-8-3-2-4-9(11)6-8/h2-4,6H,1,5H2,(H,12,13)/p-1. The summed E-state index contributed by atoms with van der Waals surface area (Å²) in [7, 11) is 0. The Morgan fingerprint density at radius 1 is 1.54 bits per heavy atom. The number of benzene rings is 1. The molecule has 0 unspecified atom stereocenters. The van der Waals surface area contributed by atoms with Gasteiger partial charge in [0.15, 0.2) is 0 Å². The third-order valence-corrected chi connectivity index (χ3v) is 2.09. The minimum absolute atomic E-state index is 0.0955. The first-order valence-electron chi connectivity index (χ1n) is 3.73. The van der Waals surface area contributed by atoms with E-state index in [-0.39, 0.29) is 5.57 Å². The SMILES string of the molecule is C=C(Cc1cccc(Br)c1)C(=O)[O-]. The second-order valence-electron chi connectivity index (χ2n) is 2.70. The molecule has 2 nitrogen and oxygen atoms in total. The van der Waals surface area contributed by atoms with Crippen LogP contribution in [0.1, 0.15) is 5.56 Å². The molecule has 0 saturated heterocycles. The van der Waals surface area contributed by atoms with Gasteiger partial charge in [-0.25, -0.2) is 0 Å². The van der Waals surface area contributed by atoms with Crippen LogP contribution in [0.4, 0.5) is 0 Å². The largest absolute Gasteiger partial charge is 0.545 e. The third-order valence-electron chi connectivity index (χ3n) is 1.60. The summed E-state index contributed by atoms with van der Waals surface area (Å²) in [6.45, 7) is 3.40. The Kier molecular flexibility index (Phi) is 3.25. The molecule has 0 aromatic heterocycles. The quantitative estimate of drug-likeness (QED) is 0.747. The van der Waals surface area contributed by atoms with Crippen molar-refractivity contribution in [2.24, 2.45) is 0 Å². The molecule has 1 aromatic rings. The van der Waals surface area contributed by atoms with E-state index < -0.39 is 5.97 Å².